The summed E-state index contributed by atoms with van der Waals surface area (Å²) in [4.78, 5) is 9.01. The van der Waals surface area contributed by atoms with Crippen molar-refractivity contribution >= 4 is 28.8 Å². The molecule has 0 saturated carbocycles. The minimum absolute atomic E-state index is 0.439. The van der Waals surface area contributed by atoms with Gasteiger partial charge >= 0.3 is 0 Å². The van der Waals surface area contributed by atoms with Gasteiger partial charge in [0, 0.05) is 44.1 Å². The van der Waals surface area contributed by atoms with E-state index in [9.17, 15) is 0 Å². The molecule has 0 radical (unpaired) electrons. The van der Waals surface area contributed by atoms with Crippen LogP contribution in [0.4, 0.5) is 11.5 Å². The summed E-state index contributed by atoms with van der Waals surface area (Å²) in [6, 6.07) is 10.7. The first-order valence-corrected chi connectivity index (χ1v) is 10.1. The second-order valence-corrected chi connectivity index (χ2v) is 8.27. The summed E-state index contributed by atoms with van der Waals surface area (Å²) in [7, 11) is 2.09. The van der Waals surface area contributed by atoms with Crippen molar-refractivity contribution in [3.8, 4) is 0 Å². The van der Waals surface area contributed by atoms with Crippen molar-refractivity contribution in [2.24, 2.45) is 0 Å². The van der Waals surface area contributed by atoms with Crippen molar-refractivity contribution in [3.05, 3.63) is 53.2 Å². The molecule has 0 saturated heterocycles. The lowest BCUT2D eigenvalue weighted by molar-refractivity contribution is 0.437. The molecular weight excluding hydrogens is 352 g/mol. The monoisotopic (exact) mass is 382 g/mol. The van der Waals surface area contributed by atoms with E-state index in [1.54, 1.807) is 0 Å². The Balaban J connectivity index is 1.88. The van der Waals surface area contributed by atoms with E-state index in [0.717, 1.165) is 30.6 Å². The molecule has 0 unspecified atom stereocenters. The van der Waals surface area contributed by atoms with Crippen LogP contribution in [0.5, 0.6) is 0 Å². The van der Waals surface area contributed by atoms with Crippen LogP contribution in [-0.4, -0.2) is 35.1 Å². The molecule has 1 N–H and O–H groups in total. The van der Waals surface area contributed by atoms with Crippen LogP contribution in [0.1, 0.15) is 56.2 Å². The molecule has 1 aromatic carbocycles. The summed E-state index contributed by atoms with van der Waals surface area (Å²) in [5, 5.41) is 4.39. The standard InChI is InChI=1S/C22H30N4S/c1-15(2)18-9-6-10-19(16(3)4)20(18)24-22(27)26-13-12-25(5)21-17(14-26)8-7-11-23-21/h6-11,15-16H,12-14H2,1-5H3,(H,24,27). The first-order chi connectivity index (χ1) is 12.9. The van der Waals surface area contributed by atoms with Crippen LogP contribution in [0.25, 0.3) is 0 Å². The van der Waals surface area contributed by atoms with Gasteiger partial charge in [-0.2, -0.15) is 0 Å². The Bertz CT molecular complexity index is 789. The number of likely N-dealkylation sites (N-methyl/N-ethyl adjacent to an activating group) is 1. The molecule has 27 heavy (non-hydrogen) atoms. The number of rotatable bonds is 3. The lowest BCUT2D eigenvalue weighted by Gasteiger charge is -2.27. The van der Waals surface area contributed by atoms with Gasteiger partial charge in [-0.15, -0.1) is 0 Å². The second-order valence-electron chi connectivity index (χ2n) is 7.88. The van der Waals surface area contributed by atoms with Gasteiger partial charge in [0.1, 0.15) is 5.82 Å². The number of nitrogens with zero attached hydrogens (tertiary/aromatic N) is 3. The van der Waals surface area contributed by atoms with E-state index in [1.807, 2.05) is 12.3 Å². The van der Waals surface area contributed by atoms with E-state index in [2.05, 4.69) is 79.1 Å². The summed E-state index contributed by atoms with van der Waals surface area (Å²) >= 11 is 5.85. The number of pyridine rings is 1. The number of thiocarbonyl (C=S) groups is 1. The van der Waals surface area contributed by atoms with E-state index in [1.165, 1.54) is 22.4 Å². The molecule has 0 bridgehead atoms. The van der Waals surface area contributed by atoms with Gasteiger partial charge in [0.25, 0.3) is 0 Å². The third-order valence-corrected chi connectivity index (χ3v) is 5.55. The molecule has 2 aromatic rings. The maximum Gasteiger partial charge on any atom is 0.173 e. The van der Waals surface area contributed by atoms with Crippen LogP contribution in [0.3, 0.4) is 0 Å². The molecule has 1 aliphatic rings. The van der Waals surface area contributed by atoms with Gasteiger partial charge < -0.3 is 15.1 Å². The summed E-state index contributed by atoms with van der Waals surface area (Å²) in [6.07, 6.45) is 1.86. The number of nitrogens with one attached hydrogen (secondary N) is 1. The normalized spacial score (nSPS) is 14.3. The minimum atomic E-state index is 0.439. The average Bonchev–Trinajstić information content (AvgIpc) is 2.81. The highest BCUT2D eigenvalue weighted by Crippen LogP contribution is 2.33. The Labute approximate surface area is 168 Å². The Hall–Kier alpha value is -2.14. The molecule has 1 aliphatic heterocycles. The highest BCUT2D eigenvalue weighted by molar-refractivity contribution is 7.80. The van der Waals surface area contributed by atoms with Crippen LogP contribution < -0.4 is 10.2 Å². The Morgan fingerprint density at radius 3 is 2.33 bits per heavy atom. The highest BCUT2D eigenvalue weighted by atomic mass is 32.1. The number of aromatic nitrogens is 1. The first-order valence-electron chi connectivity index (χ1n) is 9.72. The number of hydrogen-bond acceptors (Lipinski definition) is 3. The van der Waals surface area contributed by atoms with Gasteiger partial charge in [0.05, 0.1) is 0 Å². The van der Waals surface area contributed by atoms with Crippen molar-refractivity contribution in [1.29, 1.82) is 0 Å². The van der Waals surface area contributed by atoms with Crippen molar-refractivity contribution in [1.82, 2.24) is 9.88 Å². The maximum atomic E-state index is 5.85. The molecule has 1 aromatic heterocycles. The molecule has 0 spiro atoms. The van der Waals surface area contributed by atoms with Crippen molar-refractivity contribution in [3.63, 3.8) is 0 Å². The quantitative estimate of drug-likeness (QED) is 0.757. The SMILES string of the molecule is CC(C)c1cccc(C(C)C)c1NC(=S)N1CCN(C)c2ncccc2C1. The van der Waals surface area contributed by atoms with E-state index in [0.29, 0.717) is 11.8 Å². The zero-order valence-electron chi connectivity index (χ0n) is 17.0. The van der Waals surface area contributed by atoms with Crippen LogP contribution >= 0.6 is 12.2 Å². The van der Waals surface area contributed by atoms with E-state index < -0.39 is 0 Å². The number of hydrogen-bond donors (Lipinski definition) is 1. The predicted octanol–water partition coefficient (Wildman–Crippen LogP) is 4.98. The molecule has 5 heteroatoms. The fraction of sp³-hybridized carbons (Fsp3) is 0.455. The lowest BCUT2D eigenvalue weighted by atomic mass is 9.93. The van der Waals surface area contributed by atoms with Crippen molar-refractivity contribution in [2.75, 3.05) is 30.4 Å². The van der Waals surface area contributed by atoms with Gasteiger partial charge in [0.15, 0.2) is 5.11 Å². The third-order valence-electron chi connectivity index (χ3n) is 5.19. The van der Waals surface area contributed by atoms with Crippen molar-refractivity contribution in [2.45, 2.75) is 46.1 Å². The van der Waals surface area contributed by atoms with Gasteiger partial charge in [-0.3, -0.25) is 0 Å². The molecular formula is C22H30N4S. The van der Waals surface area contributed by atoms with Crippen molar-refractivity contribution < 1.29 is 0 Å². The molecule has 4 nitrogen and oxygen atoms in total. The number of anilines is 2. The molecule has 0 aliphatic carbocycles. The maximum absolute atomic E-state index is 5.85. The number of fused-ring (bicyclic) bond motifs is 1. The molecule has 3 rings (SSSR count). The smallest absolute Gasteiger partial charge is 0.173 e. The van der Waals surface area contributed by atoms with E-state index >= 15 is 0 Å². The molecule has 2 heterocycles. The van der Waals surface area contributed by atoms with Gasteiger partial charge in [-0.1, -0.05) is 52.0 Å². The minimum Gasteiger partial charge on any atom is -0.358 e. The zero-order valence-corrected chi connectivity index (χ0v) is 17.8. The molecule has 0 fully saturated rings. The summed E-state index contributed by atoms with van der Waals surface area (Å²) in [5.74, 6) is 1.93. The Morgan fingerprint density at radius 2 is 1.70 bits per heavy atom. The van der Waals surface area contributed by atoms with Crippen LogP contribution in [-0.2, 0) is 6.54 Å². The molecule has 0 amide bonds. The third kappa shape index (κ3) is 4.24. The fourth-order valence-electron chi connectivity index (χ4n) is 3.61. The van der Waals surface area contributed by atoms with Crippen LogP contribution in [0.15, 0.2) is 36.5 Å². The largest absolute Gasteiger partial charge is 0.358 e. The zero-order chi connectivity index (χ0) is 19.6. The van der Waals surface area contributed by atoms with Gasteiger partial charge in [-0.05, 0) is 41.2 Å². The van der Waals surface area contributed by atoms with Crippen LogP contribution in [0, 0.1) is 0 Å². The predicted molar refractivity (Wildman–Crippen MR) is 119 cm³/mol. The molecule has 0 atom stereocenters. The number of benzene rings is 1. The number of para-hydroxylation sites is 1. The molecule has 144 valence electrons. The Kier molecular flexibility index (Phi) is 6.00. The fourth-order valence-corrected chi connectivity index (χ4v) is 3.87. The second kappa shape index (κ2) is 8.26. The van der Waals surface area contributed by atoms with Crippen LogP contribution in [0.2, 0.25) is 0 Å². The Morgan fingerprint density at radius 1 is 1.04 bits per heavy atom. The van der Waals surface area contributed by atoms with Gasteiger partial charge in [0.2, 0.25) is 0 Å². The summed E-state index contributed by atoms with van der Waals surface area (Å²) in [5.41, 5.74) is 5.02. The van der Waals surface area contributed by atoms with E-state index in [-0.39, 0.29) is 0 Å². The lowest BCUT2D eigenvalue weighted by Crippen LogP contribution is -2.37. The van der Waals surface area contributed by atoms with Gasteiger partial charge in [-0.25, -0.2) is 4.98 Å². The summed E-state index contributed by atoms with van der Waals surface area (Å²) in [6.45, 7) is 11.5. The summed E-state index contributed by atoms with van der Waals surface area (Å²) < 4.78 is 0. The highest BCUT2D eigenvalue weighted by Gasteiger charge is 2.22. The van der Waals surface area contributed by atoms with E-state index in [4.69, 9.17) is 12.2 Å². The topological polar surface area (TPSA) is 31.4 Å². The first kappa shape index (κ1) is 19.6. The average molecular weight is 383 g/mol.